The third-order valence-electron chi connectivity index (χ3n) is 4.42. The summed E-state index contributed by atoms with van der Waals surface area (Å²) < 4.78 is 8.39. The van der Waals surface area contributed by atoms with E-state index in [1.807, 2.05) is 90.3 Å². The molecule has 28 heavy (non-hydrogen) atoms. The molecule has 1 amide bonds. The maximum Gasteiger partial charge on any atom is 0.413 e. The lowest BCUT2D eigenvalue weighted by molar-refractivity contribution is 0.121. The second kappa shape index (κ2) is 7.86. The molecule has 5 nitrogen and oxygen atoms in total. The van der Waals surface area contributed by atoms with Gasteiger partial charge in [0, 0.05) is 16.2 Å². The minimum Gasteiger partial charge on any atom is -0.441 e. The molecule has 0 aliphatic heterocycles. The highest BCUT2D eigenvalue weighted by atomic mass is 79.9. The normalized spacial score (nSPS) is 11.9. The fourth-order valence-electron chi connectivity index (χ4n) is 3.00. The molecule has 0 spiro atoms. The van der Waals surface area contributed by atoms with Crippen molar-refractivity contribution in [1.29, 1.82) is 0 Å². The summed E-state index contributed by atoms with van der Waals surface area (Å²) in [5.41, 5.74) is 3.26. The molecule has 0 aliphatic carbocycles. The highest BCUT2D eigenvalue weighted by molar-refractivity contribution is 9.10. The number of imidazole rings is 1. The van der Waals surface area contributed by atoms with Gasteiger partial charge in [-0.1, -0.05) is 64.5 Å². The summed E-state index contributed by atoms with van der Waals surface area (Å²) in [6.45, 7) is 1.85. The van der Waals surface area contributed by atoms with Crippen molar-refractivity contribution in [2.75, 3.05) is 5.32 Å². The standard InChI is InChI=1S/C22H18BrN3O2/c1-15(16-7-3-2-4-8-16)28-22(27)25-21-20(17-10-12-18(23)13-11-17)24-19-9-5-6-14-26(19)21/h2-15H,1H3,(H,25,27). The van der Waals surface area contributed by atoms with E-state index in [2.05, 4.69) is 26.2 Å². The molecule has 0 fully saturated rings. The molecule has 0 saturated heterocycles. The zero-order chi connectivity index (χ0) is 19.5. The maximum atomic E-state index is 12.6. The van der Waals surface area contributed by atoms with Gasteiger partial charge in [-0.3, -0.25) is 9.72 Å². The lowest BCUT2D eigenvalue weighted by Gasteiger charge is -2.14. The van der Waals surface area contributed by atoms with E-state index in [1.165, 1.54) is 0 Å². The van der Waals surface area contributed by atoms with Gasteiger partial charge in [-0.25, -0.2) is 9.78 Å². The number of anilines is 1. The molecular formula is C22H18BrN3O2. The number of pyridine rings is 1. The van der Waals surface area contributed by atoms with Crippen LogP contribution in [-0.2, 0) is 4.74 Å². The van der Waals surface area contributed by atoms with Gasteiger partial charge in [0.15, 0.2) is 0 Å². The molecule has 2 aromatic heterocycles. The number of carbonyl (C=O) groups is 1. The molecule has 4 aromatic rings. The molecule has 2 heterocycles. The van der Waals surface area contributed by atoms with Gasteiger partial charge >= 0.3 is 6.09 Å². The molecule has 1 atom stereocenters. The van der Waals surface area contributed by atoms with Gasteiger partial charge in [-0.05, 0) is 36.8 Å². The second-order valence-corrected chi connectivity index (χ2v) is 7.24. The molecule has 0 radical (unpaired) electrons. The van der Waals surface area contributed by atoms with Crippen LogP contribution >= 0.6 is 15.9 Å². The third kappa shape index (κ3) is 3.77. The molecule has 0 saturated carbocycles. The number of rotatable bonds is 4. The number of halogens is 1. The van der Waals surface area contributed by atoms with Crippen molar-refractivity contribution in [3.8, 4) is 11.3 Å². The van der Waals surface area contributed by atoms with Crippen molar-refractivity contribution in [2.45, 2.75) is 13.0 Å². The lowest BCUT2D eigenvalue weighted by atomic mass is 10.1. The summed E-state index contributed by atoms with van der Waals surface area (Å²) in [7, 11) is 0. The van der Waals surface area contributed by atoms with Crippen LogP contribution in [0.1, 0.15) is 18.6 Å². The number of ether oxygens (including phenoxy) is 1. The highest BCUT2D eigenvalue weighted by Gasteiger charge is 2.18. The SMILES string of the molecule is CC(OC(=O)Nc1c(-c2ccc(Br)cc2)nc2ccccn12)c1ccccc1. The van der Waals surface area contributed by atoms with Gasteiger partial charge in [0.2, 0.25) is 0 Å². The summed E-state index contributed by atoms with van der Waals surface area (Å²) in [6.07, 6.45) is 0.970. The number of nitrogens with one attached hydrogen (secondary N) is 1. The number of amides is 1. The van der Waals surface area contributed by atoms with Crippen LogP contribution in [0.5, 0.6) is 0 Å². The second-order valence-electron chi connectivity index (χ2n) is 6.33. The number of nitrogens with zero attached hydrogens (tertiary/aromatic N) is 2. The number of carbonyl (C=O) groups excluding carboxylic acids is 1. The summed E-state index contributed by atoms with van der Waals surface area (Å²) >= 11 is 3.45. The zero-order valence-corrected chi connectivity index (χ0v) is 16.8. The van der Waals surface area contributed by atoms with Crippen molar-refractivity contribution < 1.29 is 9.53 Å². The highest BCUT2D eigenvalue weighted by Crippen LogP contribution is 2.30. The first-order chi connectivity index (χ1) is 13.6. The Balaban J connectivity index is 1.64. The van der Waals surface area contributed by atoms with Crippen LogP contribution in [0.25, 0.3) is 16.9 Å². The van der Waals surface area contributed by atoms with E-state index in [-0.39, 0.29) is 6.10 Å². The average molecular weight is 436 g/mol. The van der Waals surface area contributed by atoms with E-state index in [1.54, 1.807) is 0 Å². The number of hydrogen-bond acceptors (Lipinski definition) is 3. The molecule has 2 aromatic carbocycles. The smallest absolute Gasteiger partial charge is 0.413 e. The summed E-state index contributed by atoms with van der Waals surface area (Å²) in [4.78, 5) is 17.3. The number of benzene rings is 2. The molecule has 140 valence electrons. The number of hydrogen-bond donors (Lipinski definition) is 1. The fraction of sp³-hybridized carbons (Fsp3) is 0.0909. The molecule has 1 unspecified atom stereocenters. The quantitative estimate of drug-likeness (QED) is 0.422. The monoisotopic (exact) mass is 435 g/mol. The van der Waals surface area contributed by atoms with Crippen molar-refractivity contribution in [1.82, 2.24) is 9.38 Å². The van der Waals surface area contributed by atoms with E-state index >= 15 is 0 Å². The fourth-order valence-corrected chi connectivity index (χ4v) is 3.27. The molecular weight excluding hydrogens is 418 g/mol. The van der Waals surface area contributed by atoms with Crippen molar-refractivity contribution in [2.24, 2.45) is 0 Å². The van der Waals surface area contributed by atoms with Crippen molar-refractivity contribution in [3.05, 3.63) is 89.0 Å². The van der Waals surface area contributed by atoms with E-state index < -0.39 is 6.09 Å². The average Bonchev–Trinajstić information content (AvgIpc) is 3.07. The maximum absolute atomic E-state index is 12.6. The van der Waals surface area contributed by atoms with E-state index in [9.17, 15) is 4.79 Å². The predicted molar refractivity (Wildman–Crippen MR) is 113 cm³/mol. The Kier molecular flexibility index (Phi) is 5.12. The van der Waals surface area contributed by atoms with E-state index in [0.29, 0.717) is 11.5 Å². The first-order valence-electron chi connectivity index (χ1n) is 8.87. The Morgan fingerprint density at radius 1 is 1.04 bits per heavy atom. The van der Waals surface area contributed by atoms with Crippen LogP contribution in [0.3, 0.4) is 0 Å². The topological polar surface area (TPSA) is 55.6 Å². The van der Waals surface area contributed by atoms with Crippen LogP contribution in [0.4, 0.5) is 10.6 Å². The van der Waals surface area contributed by atoms with Crippen LogP contribution in [0.15, 0.2) is 83.5 Å². The van der Waals surface area contributed by atoms with Gasteiger partial charge < -0.3 is 4.74 Å². The van der Waals surface area contributed by atoms with Crippen molar-refractivity contribution in [3.63, 3.8) is 0 Å². The Morgan fingerprint density at radius 2 is 1.75 bits per heavy atom. The first kappa shape index (κ1) is 18.3. The van der Waals surface area contributed by atoms with Gasteiger partial charge in [-0.2, -0.15) is 0 Å². The molecule has 0 aliphatic rings. The summed E-state index contributed by atoms with van der Waals surface area (Å²) in [5.74, 6) is 0.572. The van der Waals surface area contributed by atoms with Gasteiger partial charge in [0.1, 0.15) is 23.3 Å². The minimum absolute atomic E-state index is 0.364. The number of fused-ring (bicyclic) bond motifs is 1. The predicted octanol–water partition coefficient (Wildman–Crippen LogP) is 6.07. The molecule has 0 bridgehead atoms. The third-order valence-corrected chi connectivity index (χ3v) is 4.95. The number of aromatic nitrogens is 2. The molecule has 4 rings (SSSR count). The van der Waals surface area contributed by atoms with Crippen LogP contribution in [0, 0.1) is 0 Å². The largest absolute Gasteiger partial charge is 0.441 e. The zero-order valence-electron chi connectivity index (χ0n) is 15.2. The van der Waals surface area contributed by atoms with Crippen molar-refractivity contribution >= 4 is 33.5 Å². The van der Waals surface area contributed by atoms with E-state index in [0.717, 1.165) is 21.2 Å². The Bertz CT molecular complexity index is 1110. The Hall–Kier alpha value is -3.12. The summed E-state index contributed by atoms with van der Waals surface area (Å²) in [5, 5.41) is 2.87. The molecule has 1 N–H and O–H groups in total. The lowest BCUT2D eigenvalue weighted by Crippen LogP contribution is -2.17. The molecule has 6 heteroatoms. The van der Waals surface area contributed by atoms with Gasteiger partial charge in [0.05, 0.1) is 0 Å². The Labute approximate surface area is 171 Å². The van der Waals surface area contributed by atoms with Crippen LogP contribution in [-0.4, -0.2) is 15.5 Å². The summed E-state index contributed by atoms with van der Waals surface area (Å²) in [6, 6.07) is 23.1. The van der Waals surface area contributed by atoms with Gasteiger partial charge in [-0.15, -0.1) is 0 Å². The van der Waals surface area contributed by atoms with Crippen LogP contribution in [0.2, 0.25) is 0 Å². The van der Waals surface area contributed by atoms with E-state index in [4.69, 9.17) is 4.74 Å². The first-order valence-corrected chi connectivity index (χ1v) is 9.67. The minimum atomic E-state index is -0.527. The Morgan fingerprint density at radius 3 is 2.50 bits per heavy atom. The van der Waals surface area contributed by atoms with Crippen LogP contribution < -0.4 is 5.32 Å². The van der Waals surface area contributed by atoms with Gasteiger partial charge in [0.25, 0.3) is 0 Å².